The van der Waals surface area contributed by atoms with E-state index in [1.807, 2.05) is 18.2 Å². The van der Waals surface area contributed by atoms with Crippen LogP contribution in [0.4, 0.5) is 0 Å². The SMILES string of the molecule is CO[SiH](OC)C(CCl)Cc1ccccc1. The minimum atomic E-state index is -1.61. The molecule has 0 fully saturated rings. The van der Waals surface area contributed by atoms with Crippen molar-refractivity contribution in [2.75, 3.05) is 20.1 Å². The van der Waals surface area contributed by atoms with Gasteiger partial charge in [0.25, 0.3) is 0 Å². The molecule has 0 amide bonds. The van der Waals surface area contributed by atoms with Crippen molar-refractivity contribution in [3.63, 3.8) is 0 Å². The summed E-state index contributed by atoms with van der Waals surface area (Å²) in [6.45, 7) is 0. The topological polar surface area (TPSA) is 18.5 Å². The third-order valence-corrected chi connectivity index (χ3v) is 5.25. The Morgan fingerprint density at radius 2 is 1.80 bits per heavy atom. The van der Waals surface area contributed by atoms with Crippen LogP contribution in [0, 0.1) is 0 Å². The highest BCUT2D eigenvalue weighted by atomic mass is 35.5. The van der Waals surface area contributed by atoms with Crippen LogP contribution < -0.4 is 0 Å². The van der Waals surface area contributed by atoms with Crippen LogP contribution in [0.5, 0.6) is 0 Å². The number of hydrogen-bond acceptors (Lipinski definition) is 2. The van der Waals surface area contributed by atoms with Crippen LogP contribution in [0.2, 0.25) is 5.54 Å². The Kier molecular flexibility index (Phi) is 5.94. The number of alkyl halides is 1. The minimum absolute atomic E-state index is 0.323. The quantitative estimate of drug-likeness (QED) is 0.565. The van der Waals surface area contributed by atoms with Crippen LogP contribution in [0.25, 0.3) is 0 Å². The Labute approximate surface area is 98.0 Å². The molecule has 4 heteroatoms. The first-order chi connectivity index (χ1) is 7.31. The molecule has 2 nitrogen and oxygen atoms in total. The summed E-state index contributed by atoms with van der Waals surface area (Å²) in [4.78, 5) is 0. The first-order valence-electron chi connectivity index (χ1n) is 4.97. The van der Waals surface area contributed by atoms with Gasteiger partial charge in [0.2, 0.25) is 0 Å². The molecule has 15 heavy (non-hydrogen) atoms. The molecule has 1 aromatic rings. The number of hydrogen-bond donors (Lipinski definition) is 0. The first kappa shape index (κ1) is 12.7. The summed E-state index contributed by atoms with van der Waals surface area (Å²) in [5.41, 5.74) is 1.61. The standard InChI is InChI=1S/C11H17ClO2Si/c1-13-15(14-2)11(9-12)8-10-6-4-3-5-7-10/h3-7,11,15H,8-9H2,1-2H3. The highest BCUT2D eigenvalue weighted by Gasteiger charge is 2.23. The van der Waals surface area contributed by atoms with Gasteiger partial charge in [0.15, 0.2) is 0 Å². The monoisotopic (exact) mass is 244 g/mol. The van der Waals surface area contributed by atoms with Gasteiger partial charge in [-0.05, 0) is 12.0 Å². The molecular formula is C11H17ClO2Si. The zero-order chi connectivity index (χ0) is 11.1. The maximum Gasteiger partial charge on any atom is 0.325 e. The number of rotatable bonds is 6. The summed E-state index contributed by atoms with van der Waals surface area (Å²) in [6, 6.07) is 10.3. The van der Waals surface area contributed by atoms with Crippen LogP contribution in [-0.4, -0.2) is 29.4 Å². The van der Waals surface area contributed by atoms with Gasteiger partial charge in [-0.1, -0.05) is 30.3 Å². The smallest absolute Gasteiger partial charge is 0.325 e. The van der Waals surface area contributed by atoms with E-state index in [0.29, 0.717) is 11.4 Å². The third kappa shape index (κ3) is 3.95. The van der Waals surface area contributed by atoms with E-state index in [1.165, 1.54) is 5.56 Å². The van der Waals surface area contributed by atoms with E-state index in [1.54, 1.807) is 14.2 Å². The molecule has 0 N–H and O–H groups in total. The zero-order valence-corrected chi connectivity index (χ0v) is 11.1. The molecule has 1 rings (SSSR count). The Bertz CT molecular complexity index is 265. The normalized spacial score (nSPS) is 13.1. The van der Waals surface area contributed by atoms with Gasteiger partial charge < -0.3 is 8.85 Å². The van der Waals surface area contributed by atoms with Gasteiger partial charge in [-0.3, -0.25) is 0 Å². The van der Waals surface area contributed by atoms with Crippen molar-refractivity contribution < 1.29 is 8.85 Å². The van der Waals surface area contributed by atoms with E-state index in [4.69, 9.17) is 20.5 Å². The summed E-state index contributed by atoms with van der Waals surface area (Å²) in [7, 11) is 1.79. The van der Waals surface area contributed by atoms with E-state index in [9.17, 15) is 0 Å². The maximum atomic E-state index is 5.94. The summed E-state index contributed by atoms with van der Waals surface area (Å²) < 4.78 is 10.7. The molecule has 0 spiro atoms. The minimum Gasteiger partial charge on any atom is -0.400 e. The van der Waals surface area contributed by atoms with E-state index in [0.717, 1.165) is 6.42 Å². The fraction of sp³-hybridized carbons (Fsp3) is 0.455. The molecule has 1 atom stereocenters. The zero-order valence-electron chi connectivity index (χ0n) is 9.15. The molecule has 0 heterocycles. The lowest BCUT2D eigenvalue weighted by molar-refractivity contribution is 0.267. The molecule has 1 unspecified atom stereocenters. The van der Waals surface area contributed by atoms with Crippen molar-refractivity contribution in [3.05, 3.63) is 35.9 Å². The Morgan fingerprint density at radius 3 is 2.27 bits per heavy atom. The second-order valence-electron chi connectivity index (χ2n) is 3.44. The fourth-order valence-electron chi connectivity index (χ4n) is 1.62. The molecule has 0 aliphatic heterocycles. The predicted octanol–water partition coefficient (Wildman–Crippen LogP) is 2.35. The lowest BCUT2D eigenvalue weighted by Gasteiger charge is -2.20. The van der Waals surface area contributed by atoms with E-state index in [-0.39, 0.29) is 0 Å². The van der Waals surface area contributed by atoms with Crippen LogP contribution >= 0.6 is 11.6 Å². The van der Waals surface area contributed by atoms with Gasteiger partial charge in [-0.2, -0.15) is 0 Å². The van der Waals surface area contributed by atoms with Crippen molar-refractivity contribution in [2.24, 2.45) is 0 Å². The molecule has 0 saturated carbocycles. The Hall–Kier alpha value is -0.353. The second-order valence-corrected chi connectivity index (χ2v) is 6.37. The van der Waals surface area contributed by atoms with E-state index < -0.39 is 9.28 Å². The maximum absolute atomic E-state index is 5.94. The average molecular weight is 245 g/mol. The molecule has 0 radical (unpaired) electrons. The van der Waals surface area contributed by atoms with Gasteiger partial charge in [-0.15, -0.1) is 11.6 Å². The van der Waals surface area contributed by atoms with Crippen molar-refractivity contribution in [2.45, 2.75) is 12.0 Å². The highest BCUT2D eigenvalue weighted by Crippen LogP contribution is 2.20. The number of benzene rings is 1. The van der Waals surface area contributed by atoms with Gasteiger partial charge in [0.1, 0.15) is 0 Å². The molecule has 0 aliphatic carbocycles. The van der Waals surface area contributed by atoms with E-state index in [2.05, 4.69) is 12.1 Å². The predicted molar refractivity (Wildman–Crippen MR) is 65.8 cm³/mol. The summed E-state index contributed by atoms with van der Waals surface area (Å²) >= 11 is 5.94. The van der Waals surface area contributed by atoms with Crippen LogP contribution in [0.1, 0.15) is 5.56 Å². The molecule has 1 aromatic carbocycles. The van der Waals surface area contributed by atoms with Crippen molar-refractivity contribution in [3.8, 4) is 0 Å². The summed E-state index contributed by atoms with van der Waals surface area (Å²) in [5, 5.41) is 0. The van der Waals surface area contributed by atoms with Crippen molar-refractivity contribution in [1.29, 1.82) is 0 Å². The fourth-order valence-corrected chi connectivity index (χ4v) is 3.74. The molecule has 84 valence electrons. The van der Waals surface area contributed by atoms with Crippen LogP contribution in [-0.2, 0) is 15.3 Å². The second kappa shape index (κ2) is 7.01. The molecule has 0 aliphatic rings. The van der Waals surface area contributed by atoms with Crippen molar-refractivity contribution >= 4 is 20.9 Å². The van der Waals surface area contributed by atoms with Gasteiger partial charge >= 0.3 is 9.28 Å². The van der Waals surface area contributed by atoms with E-state index >= 15 is 0 Å². The van der Waals surface area contributed by atoms with Crippen LogP contribution in [0.3, 0.4) is 0 Å². The molecular weight excluding hydrogens is 228 g/mol. The molecule has 0 aromatic heterocycles. The Balaban J connectivity index is 2.61. The lowest BCUT2D eigenvalue weighted by Crippen LogP contribution is -2.28. The van der Waals surface area contributed by atoms with Crippen LogP contribution in [0.15, 0.2) is 30.3 Å². The summed E-state index contributed by atoms with van der Waals surface area (Å²) in [6.07, 6.45) is 0.933. The third-order valence-electron chi connectivity index (χ3n) is 2.39. The lowest BCUT2D eigenvalue weighted by atomic mass is 10.1. The average Bonchev–Trinajstić information content (AvgIpc) is 2.30. The van der Waals surface area contributed by atoms with Gasteiger partial charge in [-0.25, -0.2) is 0 Å². The largest absolute Gasteiger partial charge is 0.400 e. The van der Waals surface area contributed by atoms with Gasteiger partial charge in [0.05, 0.1) is 0 Å². The highest BCUT2D eigenvalue weighted by molar-refractivity contribution is 6.48. The Morgan fingerprint density at radius 1 is 1.20 bits per heavy atom. The van der Waals surface area contributed by atoms with Crippen molar-refractivity contribution in [1.82, 2.24) is 0 Å². The molecule has 0 bridgehead atoms. The molecule has 0 saturated heterocycles. The summed E-state index contributed by atoms with van der Waals surface area (Å²) in [5.74, 6) is 0.591. The van der Waals surface area contributed by atoms with Gasteiger partial charge in [0, 0.05) is 25.6 Å². The number of halogens is 1. The first-order valence-corrected chi connectivity index (χ1v) is 7.11.